The Balaban J connectivity index is 1.29. The fourth-order valence-corrected chi connectivity index (χ4v) is 4.85. The first kappa shape index (κ1) is 22.2. The molecule has 0 aliphatic heterocycles. The molecule has 3 heterocycles. The Kier molecular flexibility index (Phi) is 5.16. The minimum absolute atomic E-state index is 0.0775. The van der Waals surface area contributed by atoms with Crippen LogP contribution in [0.2, 0.25) is 10.0 Å². The molecule has 0 radical (unpaired) electrons. The van der Waals surface area contributed by atoms with Crippen LogP contribution in [0.3, 0.4) is 0 Å². The summed E-state index contributed by atoms with van der Waals surface area (Å²) in [5.41, 5.74) is 3.77. The maximum atomic E-state index is 13.1. The van der Waals surface area contributed by atoms with Gasteiger partial charge in [0.1, 0.15) is 32.9 Å². The second kappa shape index (κ2) is 8.13. The van der Waals surface area contributed by atoms with Crippen molar-refractivity contribution < 1.29 is 13.5 Å². The average Bonchev–Trinajstić information content (AvgIpc) is 3.42. The molecule has 2 aromatic carbocycles. The fraction of sp³-hybridized carbons (Fsp3) is 0.250. The minimum atomic E-state index is -2.55. The van der Waals surface area contributed by atoms with E-state index in [0.717, 1.165) is 16.9 Å². The first-order valence-electron chi connectivity index (χ1n) is 10.9. The zero-order chi connectivity index (χ0) is 24.3. The molecule has 1 saturated carbocycles. The zero-order valence-corrected chi connectivity index (χ0v) is 19.9. The summed E-state index contributed by atoms with van der Waals surface area (Å²) in [5, 5.41) is 4.99. The second-order valence-corrected chi connectivity index (χ2v) is 9.53. The van der Waals surface area contributed by atoms with E-state index in [1.54, 1.807) is 41.5 Å². The highest BCUT2D eigenvalue weighted by molar-refractivity contribution is 6.37. The van der Waals surface area contributed by atoms with Crippen molar-refractivity contribution in [3.8, 4) is 22.8 Å². The number of rotatable bonds is 5. The van der Waals surface area contributed by atoms with Crippen LogP contribution in [-0.2, 0) is 6.54 Å². The van der Waals surface area contributed by atoms with Crippen molar-refractivity contribution in [3.63, 3.8) is 0 Å². The van der Waals surface area contributed by atoms with E-state index in [-0.39, 0.29) is 23.8 Å². The molecular formula is C24H18Cl2F2N6O. The Bertz CT molecular complexity index is 1590. The molecule has 0 amide bonds. The average molecular weight is 515 g/mol. The van der Waals surface area contributed by atoms with Gasteiger partial charge in [-0.15, -0.1) is 0 Å². The van der Waals surface area contributed by atoms with Crippen LogP contribution in [0.25, 0.3) is 33.3 Å². The molecule has 0 spiro atoms. The van der Waals surface area contributed by atoms with Crippen LogP contribution in [0, 0.1) is 12.8 Å². The summed E-state index contributed by atoms with van der Waals surface area (Å²) in [6, 6.07) is 7.03. The van der Waals surface area contributed by atoms with Crippen LogP contribution in [0.15, 0.2) is 42.9 Å². The van der Waals surface area contributed by atoms with Gasteiger partial charge in [0, 0.05) is 31.1 Å². The Hall–Kier alpha value is -3.30. The summed E-state index contributed by atoms with van der Waals surface area (Å²) in [6.45, 7) is 2.29. The molecule has 0 unspecified atom stereocenters. The monoisotopic (exact) mass is 514 g/mol. The molecule has 0 atom stereocenters. The predicted molar refractivity (Wildman–Crippen MR) is 129 cm³/mol. The van der Waals surface area contributed by atoms with Gasteiger partial charge < -0.3 is 9.72 Å². The minimum Gasteiger partial charge on any atom is -0.454 e. The van der Waals surface area contributed by atoms with Crippen LogP contribution in [0.1, 0.15) is 18.7 Å². The lowest BCUT2D eigenvalue weighted by atomic mass is 9.81. The van der Waals surface area contributed by atoms with Crippen molar-refractivity contribution >= 4 is 45.3 Å². The van der Waals surface area contributed by atoms with Gasteiger partial charge in [0.25, 0.3) is 0 Å². The maximum Gasteiger partial charge on any atom is 0.248 e. The number of hydrogen-bond donors (Lipinski definition) is 1. The van der Waals surface area contributed by atoms with Gasteiger partial charge in [-0.1, -0.05) is 23.2 Å². The molecule has 35 heavy (non-hydrogen) atoms. The lowest BCUT2D eigenvalue weighted by Gasteiger charge is -2.34. The lowest BCUT2D eigenvalue weighted by molar-refractivity contribution is -0.114. The Morgan fingerprint density at radius 1 is 1.06 bits per heavy atom. The van der Waals surface area contributed by atoms with Crippen LogP contribution < -0.4 is 4.74 Å². The van der Waals surface area contributed by atoms with Crippen LogP contribution >= 0.6 is 23.2 Å². The third-order valence-corrected chi connectivity index (χ3v) is 6.81. The number of imidazole rings is 1. The Morgan fingerprint density at radius 3 is 2.57 bits per heavy atom. The van der Waals surface area contributed by atoms with E-state index in [1.165, 1.54) is 0 Å². The number of H-pyrrole nitrogens is 1. The Labute approximate surface area is 208 Å². The molecule has 1 fully saturated rings. The molecule has 11 heteroatoms. The molecule has 3 aromatic heterocycles. The standard InChI is InChI=1S/C24H18Cl2F2N6O/c1-12-31-16-3-5-19(21(26)23(16)32-12)35-18-4-2-15-22(20(18)25)33-17(9-29-15)14-8-30-34(11-14)10-13-6-24(27,28)7-13/h2-5,8-9,11,13H,6-7,10H2,1H3,(H,31,32). The normalized spacial score (nSPS) is 15.6. The van der Waals surface area contributed by atoms with Gasteiger partial charge in [0.05, 0.1) is 34.6 Å². The maximum absolute atomic E-state index is 13.1. The van der Waals surface area contributed by atoms with Gasteiger partial charge in [-0.3, -0.25) is 9.67 Å². The summed E-state index contributed by atoms with van der Waals surface area (Å²) < 4.78 is 34.0. The van der Waals surface area contributed by atoms with Crippen LogP contribution in [0.4, 0.5) is 8.78 Å². The van der Waals surface area contributed by atoms with E-state index in [4.69, 9.17) is 27.9 Å². The zero-order valence-electron chi connectivity index (χ0n) is 18.4. The molecule has 178 valence electrons. The number of halogens is 4. The Morgan fingerprint density at radius 2 is 1.80 bits per heavy atom. The number of nitrogens with one attached hydrogen (secondary N) is 1. The first-order valence-corrected chi connectivity index (χ1v) is 11.7. The predicted octanol–water partition coefficient (Wildman–Crippen LogP) is 6.82. The van der Waals surface area contributed by atoms with E-state index < -0.39 is 5.92 Å². The molecular weight excluding hydrogens is 497 g/mol. The number of benzene rings is 2. The van der Waals surface area contributed by atoms with Crippen molar-refractivity contribution in [1.29, 1.82) is 0 Å². The molecule has 7 nitrogen and oxygen atoms in total. The third kappa shape index (κ3) is 4.08. The fourth-order valence-electron chi connectivity index (χ4n) is 4.36. The number of aromatic amines is 1. The molecule has 0 bridgehead atoms. The number of aryl methyl sites for hydroxylation is 1. The van der Waals surface area contributed by atoms with Gasteiger partial charge in [0.2, 0.25) is 5.92 Å². The molecule has 1 N–H and O–H groups in total. The largest absolute Gasteiger partial charge is 0.454 e. The molecule has 1 aliphatic rings. The second-order valence-electron chi connectivity index (χ2n) is 8.78. The molecule has 5 aromatic rings. The number of fused-ring (bicyclic) bond motifs is 2. The quantitative estimate of drug-likeness (QED) is 0.278. The van der Waals surface area contributed by atoms with E-state index in [2.05, 4.69) is 25.0 Å². The van der Waals surface area contributed by atoms with Gasteiger partial charge in [-0.05, 0) is 37.1 Å². The molecule has 6 rings (SSSR count). The number of ether oxygens (including phenoxy) is 1. The van der Waals surface area contributed by atoms with E-state index in [0.29, 0.717) is 45.3 Å². The van der Waals surface area contributed by atoms with Gasteiger partial charge in [-0.2, -0.15) is 5.10 Å². The van der Waals surface area contributed by atoms with E-state index >= 15 is 0 Å². The third-order valence-electron chi connectivity index (χ3n) is 6.07. The van der Waals surface area contributed by atoms with Crippen molar-refractivity contribution in [3.05, 3.63) is 58.7 Å². The first-order chi connectivity index (χ1) is 16.8. The number of aromatic nitrogens is 6. The van der Waals surface area contributed by atoms with E-state index in [1.807, 2.05) is 13.0 Å². The summed E-state index contributed by atoms with van der Waals surface area (Å²) in [6.07, 6.45) is 4.84. The van der Waals surface area contributed by atoms with E-state index in [9.17, 15) is 8.78 Å². The summed E-state index contributed by atoms with van der Waals surface area (Å²) in [7, 11) is 0. The van der Waals surface area contributed by atoms with Gasteiger partial charge >= 0.3 is 0 Å². The van der Waals surface area contributed by atoms with Gasteiger partial charge in [0.15, 0.2) is 0 Å². The topological polar surface area (TPSA) is 81.5 Å². The SMILES string of the molecule is Cc1nc2ccc(Oc3ccc4ncc(-c5cnn(CC6CC(F)(F)C6)c5)nc4c3Cl)c(Cl)c2[nH]1. The number of alkyl halides is 2. The highest BCUT2D eigenvalue weighted by Gasteiger charge is 2.45. The van der Waals surface area contributed by atoms with Gasteiger partial charge in [-0.25, -0.2) is 18.7 Å². The molecule has 1 aliphatic carbocycles. The summed E-state index contributed by atoms with van der Waals surface area (Å²) >= 11 is 13.2. The van der Waals surface area contributed by atoms with Crippen molar-refractivity contribution in [1.82, 2.24) is 29.7 Å². The number of nitrogens with zero attached hydrogens (tertiary/aromatic N) is 5. The lowest BCUT2D eigenvalue weighted by Crippen LogP contribution is -2.37. The number of hydrogen-bond acceptors (Lipinski definition) is 5. The van der Waals surface area contributed by atoms with Crippen LogP contribution in [0.5, 0.6) is 11.5 Å². The van der Waals surface area contributed by atoms with Crippen LogP contribution in [-0.4, -0.2) is 35.6 Å². The molecule has 0 saturated heterocycles. The van der Waals surface area contributed by atoms with Crippen molar-refractivity contribution in [2.45, 2.75) is 32.2 Å². The highest BCUT2D eigenvalue weighted by Crippen LogP contribution is 2.43. The highest BCUT2D eigenvalue weighted by atomic mass is 35.5. The van der Waals surface area contributed by atoms with Crippen molar-refractivity contribution in [2.24, 2.45) is 5.92 Å². The summed E-state index contributed by atoms with van der Waals surface area (Å²) in [5.74, 6) is -1.07. The van der Waals surface area contributed by atoms with Crippen molar-refractivity contribution in [2.75, 3.05) is 0 Å². The summed E-state index contributed by atoms with van der Waals surface area (Å²) in [4.78, 5) is 16.6. The smallest absolute Gasteiger partial charge is 0.248 e.